The highest BCUT2D eigenvalue weighted by Crippen LogP contribution is 2.20. The van der Waals surface area contributed by atoms with Crippen LogP contribution >= 0.6 is 0 Å². The maximum atomic E-state index is 13.4. The second kappa shape index (κ2) is 12.9. The lowest BCUT2D eigenvalue weighted by atomic mass is 9.99. The van der Waals surface area contributed by atoms with Gasteiger partial charge in [0.1, 0.15) is 23.9 Å². The molecule has 0 saturated carbocycles. The lowest BCUT2D eigenvalue weighted by Gasteiger charge is -2.30. The maximum absolute atomic E-state index is 13.4. The van der Waals surface area contributed by atoms with Gasteiger partial charge in [-0.15, -0.1) is 0 Å². The van der Waals surface area contributed by atoms with E-state index in [-0.39, 0.29) is 31.6 Å². The lowest BCUT2D eigenvalue weighted by Crippen LogP contribution is -2.58. The molecule has 4 atom stereocenters. The number of nitrogens with one attached hydrogen (secondary N) is 2. The van der Waals surface area contributed by atoms with Gasteiger partial charge < -0.3 is 36.6 Å². The number of aromatic hydroxyl groups is 1. The molecule has 12 heteroatoms. The van der Waals surface area contributed by atoms with Gasteiger partial charge in [-0.05, 0) is 42.9 Å². The Kier molecular flexibility index (Phi) is 10.2. The third kappa shape index (κ3) is 7.94. The molecular weight excluding hydrogens is 472 g/mol. The summed E-state index contributed by atoms with van der Waals surface area (Å²) in [7, 11) is 0. The van der Waals surface area contributed by atoms with Crippen LogP contribution in [-0.2, 0) is 30.4 Å². The Morgan fingerprint density at radius 3 is 2.25 bits per heavy atom. The van der Waals surface area contributed by atoms with Crippen molar-refractivity contribution in [1.29, 1.82) is 0 Å². The fraction of sp³-hybridized carbons (Fsp3) is 0.542. The van der Waals surface area contributed by atoms with E-state index in [2.05, 4.69) is 10.6 Å². The first kappa shape index (κ1) is 28.6. The van der Waals surface area contributed by atoms with E-state index in [1.807, 2.05) is 0 Å². The van der Waals surface area contributed by atoms with E-state index in [0.29, 0.717) is 18.4 Å². The number of nitrogens with zero attached hydrogens (tertiary/aromatic N) is 1. The fourth-order valence-corrected chi connectivity index (χ4v) is 4.02. The van der Waals surface area contributed by atoms with E-state index < -0.39 is 59.7 Å². The molecule has 4 unspecified atom stereocenters. The van der Waals surface area contributed by atoms with E-state index >= 15 is 0 Å². The molecule has 1 fully saturated rings. The Hall–Kier alpha value is -3.67. The molecule has 1 aromatic rings. The lowest BCUT2D eigenvalue weighted by molar-refractivity contribution is -0.149. The number of carbonyl (C=O) groups is 5. The average molecular weight is 507 g/mol. The standard InChI is InChI=1S/C24H34N4O8/c1-13(2)20(27-21(32)16(25)9-10-19(30)31)22(33)26-17(12-14-5-7-15(29)8-6-14)23(34)28-11-3-4-18(28)24(35)36/h5-8,13,16-18,20,29H,3-4,9-12,25H2,1-2H3,(H,26,33)(H,27,32)(H,30,31)(H,35,36). The van der Waals surface area contributed by atoms with Gasteiger partial charge in [-0.1, -0.05) is 26.0 Å². The van der Waals surface area contributed by atoms with Gasteiger partial charge >= 0.3 is 11.9 Å². The summed E-state index contributed by atoms with van der Waals surface area (Å²) in [5.74, 6) is -4.52. The molecule has 1 aliphatic heterocycles. The molecule has 1 aromatic carbocycles. The number of likely N-dealkylation sites (tertiary alicyclic amines) is 1. The van der Waals surface area contributed by atoms with Gasteiger partial charge in [-0.3, -0.25) is 19.2 Å². The predicted octanol–water partition coefficient (Wildman–Crippen LogP) is -0.172. The van der Waals surface area contributed by atoms with Crippen LogP contribution in [0.1, 0.15) is 45.1 Å². The van der Waals surface area contributed by atoms with Crippen LogP contribution in [0.5, 0.6) is 5.75 Å². The molecule has 1 saturated heterocycles. The Morgan fingerprint density at radius 1 is 1.06 bits per heavy atom. The van der Waals surface area contributed by atoms with Crippen molar-refractivity contribution in [3.05, 3.63) is 29.8 Å². The second-order valence-corrected chi connectivity index (χ2v) is 9.23. The topological polar surface area (TPSA) is 199 Å². The van der Waals surface area contributed by atoms with Crippen molar-refractivity contribution >= 4 is 29.7 Å². The highest BCUT2D eigenvalue weighted by Gasteiger charge is 2.38. The number of hydrogen-bond acceptors (Lipinski definition) is 7. The minimum absolute atomic E-state index is 0.0259. The van der Waals surface area contributed by atoms with E-state index in [1.54, 1.807) is 26.0 Å². The number of carboxylic acids is 2. The van der Waals surface area contributed by atoms with Gasteiger partial charge in [-0.2, -0.15) is 0 Å². The monoisotopic (exact) mass is 506 g/mol. The molecule has 3 amide bonds. The minimum atomic E-state index is -1.13. The van der Waals surface area contributed by atoms with Crippen LogP contribution in [0.25, 0.3) is 0 Å². The molecule has 0 bridgehead atoms. The molecule has 1 heterocycles. The third-order valence-corrected chi connectivity index (χ3v) is 6.06. The van der Waals surface area contributed by atoms with Crippen molar-refractivity contribution in [3.63, 3.8) is 0 Å². The first-order valence-electron chi connectivity index (χ1n) is 11.8. The molecule has 0 spiro atoms. The number of nitrogens with two attached hydrogens (primary N) is 1. The second-order valence-electron chi connectivity index (χ2n) is 9.23. The van der Waals surface area contributed by atoms with Crippen LogP contribution in [0, 0.1) is 5.92 Å². The Labute approximate surface area is 208 Å². The minimum Gasteiger partial charge on any atom is -0.508 e. The predicted molar refractivity (Wildman–Crippen MR) is 128 cm³/mol. The van der Waals surface area contributed by atoms with Crippen LogP contribution < -0.4 is 16.4 Å². The normalized spacial score (nSPS) is 17.8. The first-order chi connectivity index (χ1) is 16.9. The van der Waals surface area contributed by atoms with Crippen LogP contribution in [0.15, 0.2) is 24.3 Å². The van der Waals surface area contributed by atoms with E-state index in [0.717, 1.165) is 0 Å². The molecule has 1 aliphatic rings. The van der Waals surface area contributed by atoms with Crippen molar-refractivity contribution in [2.45, 2.75) is 70.1 Å². The van der Waals surface area contributed by atoms with Crippen molar-refractivity contribution in [2.75, 3.05) is 6.54 Å². The van der Waals surface area contributed by atoms with Crippen molar-refractivity contribution < 1.29 is 39.3 Å². The zero-order valence-electron chi connectivity index (χ0n) is 20.3. The van der Waals surface area contributed by atoms with Gasteiger partial charge in [0.25, 0.3) is 0 Å². The highest BCUT2D eigenvalue weighted by molar-refractivity contribution is 5.94. The van der Waals surface area contributed by atoms with Crippen LogP contribution in [0.3, 0.4) is 0 Å². The number of aliphatic carboxylic acids is 2. The van der Waals surface area contributed by atoms with Crippen molar-refractivity contribution in [2.24, 2.45) is 11.7 Å². The van der Waals surface area contributed by atoms with Gasteiger partial charge in [-0.25, -0.2) is 4.79 Å². The largest absolute Gasteiger partial charge is 0.508 e. The summed E-state index contributed by atoms with van der Waals surface area (Å²) in [5, 5.41) is 33.0. The summed E-state index contributed by atoms with van der Waals surface area (Å²) in [5.41, 5.74) is 6.38. The summed E-state index contributed by atoms with van der Waals surface area (Å²) in [4.78, 5) is 62.7. The first-order valence-corrected chi connectivity index (χ1v) is 11.8. The number of rotatable bonds is 12. The van der Waals surface area contributed by atoms with E-state index in [4.69, 9.17) is 10.8 Å². The molecule has 0 aromatic heterocycles. The number of carbonyl (C=O) groups excluding carboxylic acids is 3. The number of hydrogen-bond donors (Lipinski definition) is 6. The van der Waals surface area contributed by atoms with Gasteiger partial charge in [0.2, 0.25) is 17.7 Å². The number of phenolic OH excluding ortho intramolecular Hbond substituents is 1. The average Bonchev–Trinajstić information content (AvgIpc) is 3.31. The van der Waals surface area contributed by atoms with Crippen LogP contribution in [0.2, 0.25) is 0 Å². The fourth-order valence-electron chi connectivity index (χ4n) is 4.02. The number of amides is 3. The summed E-state index contributed by atoms with van der Waals surface area (Å²) in [6, 6.07) is 1.72. The van der Waals surface area contributed by atoms with E-state index in [9.17, 15) is 34.2 Å². The highest BCUT2D eigenvalue weighted by atomic mass is 16.4. The Bertz CT molecular complexity index is 965. The molecule has 36 heavy (non-hydrogen) atoms. The Morgan fingerprint density at radius 2 is 1.69 bits per heavy atom. The molecule has 0 radical (unpaired) electrons. The smallest absolute Gasteiger partial charge is 0.326 e. The summed E-state index contributed by atoms with van der Waals surface area (Å²) in [6.07, 6.45) is 0.434. The number of carboxylic acid groups (broad SMARTS) is 2. The van der Waals surface area contributed by atoms with Gasteiger partial charge in [0.05, 0.1) is 6.04 Å². The summed E-state index contributed by atoms with van der Waals surface area (Å²) in [6.45, 7) is 3.61. The summed E-state index contributed by atoms with van der Waals surface area (Å²) >= 11 is 0. The zero-order chi connectivity index (χ0) is 27.0. The number of benzene rings is 1. The van der Waals surface area contributed by atoms with Gasteiger partial charge in [0.15, 0.2) is 0 Å². The molecule has 198 valence electrons. The summed E-state index contributed by atoms with van der Waals surface area (Å²) < 4.78 is 0. The maximum Gasteiger partial charge on any atom is 0.326 e. The molecule has 12 nitrogen and oxygen atoms in total. The van der Waals surface area contributed by atoms with Gasteiger partial charge in [0, 0.05) is 19.4 Å². The van der Waals surface area contributed by atoms with Crippen LogP contribution in [-0.4, -0.2) is 80.6 Å². The quantitative estimate of drug-likeness (QED) is 0.223. The Balaban J connectivity index is 2.22. The SMILES string of the molecule is CC(C)C(NC(=O)C(N)CCC(=O)O)C(=O)NC(Cc1ccc(O)cc1)C(=O)N1CCCC1C(=O)O. The molecule has 2 rings (SSSR count). The molecule has 7 N–H and O–H groups in total. The van der Waals surface area contributed by atoms with Crippen molar-refractivity contribution in [3.8, 4) is 5.75 Å². The number of phenols is 1. The molecular formula is C24H34N4O8. The zero-order valence-corrected chi connectivity index (χ0v) is 20.3. The van der Waals surface area contributed by atoms with Crippen LogP contribution in [0.4, 0.5) is 0 Å². The third-order valence-electron chi connectivity index (χ3n) is 6.06. The van der Waals surface area contributed by atoms with Crippen molar-refractivity contribution in [1.82, 2.24) is 15.5 Å². The molecule has 0 aliphatic carbocycles. The van der Waals surface area contributed by atoms with E-state index in [1.165, 1.54) is 17.0 Å².